The van der Waals surface area contributed by atoms with Crippen molar-refractivity contribution in [2.75, 3.05) is 4.90 Å². The van der Waals surface area contributed by atoms with E-state index in [0.29, 0.717) is 0 Å². The number of nitrogens with zero attached hydrogens (tertiary/aromatic N) is 1. The van der Waals surface area contributed by atoms with Crippen LogP contribution in [0.5, 0.6) is 0 Å². The maximum absolute atomic E-state index is 6.56. The maximum Gasteiger partial charge on any atom is 0.143 e. The average Bonchev–Trinajstić information content (AvgIpc) is 3.74. The lowest BCUT2D eigenvalue weighted by Crippen LogP contribution is -2.16. The topological polar surface area (TPSA) is 16.4 Å². The number of anilines is 3. The lowest BCUT2D eigenvalue weighted by atomic mass is 9.82. The highest BCUT2D eigenvalue weighted by Crippen LogP contribution is 2.54. The summed E-state index contributed by atoms with van der Waals surface area (Å²) in [5.74, 6) is 0. The van der Waals surface area contributed by atoms with E-state index in [1.54, 1.807) is 0 Å². The zero-order chi connectivity index (χ0) is 36.7. The van der Waals surface area contributed by atoms with Crippen LogP contribution < -0.4 is 4.90 Å². The molecule has 0 saturated heterocycles. The normalized spacial score (nSPS) is 13.1. The molecule has 2 heteroatoms. The van der Waals surface area contributed by atoms with Crippen molar-refractivity contribution < 1.29 is 4.42 Å². The highest BCUT2D eigenvalue weighted by molar-refractivity contribution is 6.19. The van der Waals surface area contributed by atoms with Crippen LogP contribution >= 0.6 is 0 Å². The first-order valence-corrected chi connectivity index (χ1v) is 19.1. The van der Waals surface area contributed by atoms with Crippen molar-refractivity contribution in [2.45, 2.75) is 19.3 Å². The molecule has 260 valence electrons. The van der Waals surface area contributed by atoms with E-state index in [0.717, 1.165) is 44.3 Å². The number of benzene rings is 9. The van der Waals surface area contributed by atoms with Crippen LogP contribution in [0, 0.1) is 0 Å². The molecule has 10 aromatic rings. The summed E-state index contributed by atoms with van der Waals surface area (Å²) < 4.78 is 6.56. The van der Waals surface area contributed by atoms with Crippen LogP contribution in [0.3, 0.4) is 0 Å². The van der Waals surface area contributed by atoms with Crippen molar-refractivity contribution in [1.29, 1.82) is 0 Å². The number of fused-ring (bicyclic) bond motifs is 9. The Morgan fingerprint density at radius 3 is 2.00 bits per heavy atom. The van der Waals surface area contributed by atoms with Gasteiger partial charge in [-0.3, -0.25) is 0 Å². The van der Waals surface area contributed by atoms with E-state index < -0.39 is 0 Å². The van der Waals surface area contributed by atoms with E-state index >= 15 is 0 Å². The second-order valence-corrected chi connectivity index (χ2v) is 15.3. The van der Waals surface area contributed by atoms with Crippen molar-refractivity contribution >= 4 is 60.5 Å². The SMILES string of the molecule is CC1(C)c2ccccc2-c2c(N(c3ccc(-c4cccc5oc6c7ccccc7ccc6c45)cc3)c3cccc(-c4ccc5ccccc5c4)c3)cccc21. The molecular weight excluding hydrogens is 667 g/mol. The predicted molar refractivity (Wildman–Crippen MR) is 232 cm³/mol. The van der Waals surface area contributed by atoms with Crippen molar-refractivity contribution in [3.8, 4) is 33.4 Å². The molecule has 0 aliphatic heterocycles. The van der Waals surface area contributed by atoms with Gasteiger partial charge < -0.3 is 9.32 Å². The molecule has 1 aliphatic carbocycles. The fourth-order valence-corrected chi connectivity index (χ4v) is 9.13. The third-order valence-electron chi connectivity index (χ3n) is 11.8. The molecule has 0 radical (unpaired) electrons. The Hall–Kier alpha value is -6.90. The molecule has 0 spiro atoms. The van der Waals surface area contributed by atoms with Crippen molar-refractivity contribution in [3.05, 3.63) is 199 Å². The Kier molecular flexibility index (Phi) is 6.93. The molecule has 0 amide bonds. The largest absolute Gasteiger partial charge is 0.455 e. The van der Waals surface area contributed by atoms with E-state index in [9.17, 15) is 0 Å². The third-order valence-corrected chi connectivity index (χ3v) is 11.8. The average molecular weight is 704 g/mol. The summed E-state index contributed by atoms with van der Waals surface area (Å²) in [4.78, 5) is 2.45. The summed E-state index contributed by atoms with van der Waals surface area (Å²) in [7, 11) is 0. The second kappa shape index (κ2) is 12.1. The number of hydrogen-bond acceptors (Lipinski definition) is 2. The molecule has 0 N–H and O–H groups in total. The fourth-order valence-electron chi connectivity index (χ4n) is 9.13. The van der Waals surface area contributed by atoms with Gasteiger partial charge in [0.05, 0.1) is 5.69 Å². The Morgan fingerprint density at radius 2 is 1.11 bits per heavy atom. The van der Waals surface area contributed by atoms with Gasteiger partial charge >= 0.3 is 0 Å². The van der Waals surface area contributed by atoms with E-state index in [1.807, 2.05) is 0 Å². The molecule has 0 fully saturated rings. The molecule has 2 nitrogen and oxygen atoms in total. The van der Waals surface area contributed by atoms with Crippen molar-refractivity contribution in [3.63, 3.8) is 0 Å². The van der Waals surface area contributed by atoms with Gasteiger partial charge in [0, 0.05) is 38.5 Å². The monoisotopic (exact) mass is 703 g/mol. The standard InChI is InChI=1S/C53H37NO/c1-53(2)46-20-8-7-18-44(46)51-47(53)21-11-22-48(51)54(41-16-9-15-38(33-41)39-25-24-34-12-3-4-14-37(34)32-39)40-29-26-36(27-30-40)42-19-10-23-49-50(42)45-31-28-35-13-5-6-17-43(35)52(45)55-49/h3-33H,1-2H3. The van der Waals surface area contributed by atoms with Crippen LogP contribution in [0.15, 0.2) is 192 Å². The first-order chi connectivity index (χ1) is 27.0. The molecule has 0 unspecified atom stereocenters. The van der Waals surface area contributed by atoms with Crippen LogP contribution in [0.25, 0.3) is 76.9 Å². The van der Waals surface area contributed by atoms with Gasteiger partial charge in [-0.1, -0.05) is 153 Å². The van der Waals surface area contributed by atoms with Gasteiger partial charge in [0.25, 0.3) is 0 Å². The Balaban J connectivity index is 1.09. The van der Waals surface area contributed by atoms with Crippen LogP contribution in [0.2, 0.25) is 0 Å². The highest BCUT2D eigenvalue weighted by atomic mass is 16.3. The second-order valence-electron chi connectivity index (χ2n) is 15.3. The van der Waals surface area contributed by atoms with E-state index in [2.05, 4.69) is 207 Å². The molecule has 55 heavy (non-hydrogen) atoms. The lowest BCUT2D eigenvalue weighted by molar-refractivity contribution is 0.660. The van der Waals surface area contributed by atoms with Gasteiger partial charge in [-0.25, -0.2) is 0 Å². The fraction of sp³-hybridized carbons (Fsp3) is 0.0566. The number of hydrogen-bond donors (Lipinski definition) is 0. The quantitative estimate of drug-likeness (QED) is 0.177. The molecule has 0 bridgehead atoms. The van der Waals surface area contributed by atoms with Gasteiger partial charge in [-0.2, -0.15) is 0 Å². The minimum absolute atomic E-state index is 0.109. The van der Waals surface area contributed by atoms with Gasteiger partial charge in [0.15, 0.2) is 0 Å². The Morgan fingerprint density at radius 1 is 0.436 bits per heavy atom. The van der Waals surface area contributed by atoms with Crippen LogP contribution in [0.4, 0.5) is 17.1 Å². The summed E-state index contributed by atoms with van der Waals surface area (Å²) in [5, 5.41) is 7.10. The molecule has 1 aliphatic rings. The summed E-state index contributed by atoms with van der Waals surface area (Å²) in [6.45, 7) is 4.70. The third kappa shape index (κ3) is 4.88. The summed E-state index contributed by atoms with van der Waals surface area (Å²) in [5.41, 5.74) is 15.1. The van der Waals surface area contributed by atoms with Crippen molar-refractivity contribution in [2.24, 2.45) is 0 Å². The predicted octanol–water partition coefficient (Wildman–Crippen LogP) is 15.0. The molecular formula is C53H37NO. The van der Waals surface area contributed by atoms with Gasteiger partial charge in [-0.15, -0.1) is 0 Å². The van der Waals surface area contributed by atoms with Crippen molar-refractivity contribution in [1.82, 2.24) is 0 Å². The number of rotatable bonds is 5. The van der Waals surface area contributed by atoms with Gasteiger partial charge in [0.2, 0.25) is 0 Å². The van der Waals surface area contributed by atoms with Crippen LogP contribution in [0.1, 0.15) is 25.0 Å². The van der Waals surface area contributed by atoms with Crippen LogP contribution in [-0.4, -0.2) is 0 Å². The molecule has 11 rings (SSSR count). The first-order valence-electron chi connectivity index (χ1n) is 19.1. The minimum atomic E-state index is -0.109. The van der Waals surface area contributed by atoms with E-state index in [1.165, 1.54) is 60.8 Å². The van der Waals surface area contributed by atoms with E-state index in [4.69, 9.17) is 4.42 Å². The number of furan rings is 1. The molecule has 0 saturated carbocycles. The van der Waals surface area contributed by atoms with Gasteiger partial charge in [-0.05, 0) is 104 Å². The highest BCUT2D eigenvalue weighted by Gasteiger charge is 2.37. The lowest BCUT2D eigenvalue weighted by Gasteiger charge is -2.29. The maximum atomic E-state index is 6.56. The Bertz CT molecular complexity index is 3130. The zero-order valence-electron chi connectivity index (χ0n) is 30.8. The summed E-state index contributed by atoms with van der Waals surface area (Å²) in [6.07, 6.45) is 0. The molecule has 1 aromatic heterocycles. The zero-order valence-corrected chi connectivity index (χ0v) is 30.8. The Labute approximate surface area is 320 Å². The minimum Gasteiger partial charge on any atom is -0.455 e. The van der Waals surface area contributed by atoms with E-state index in [-0.39, 0.29) is 5.41 Å². The smallest absolute Gasteiger partial charge is 0.143 e. The molecule has 0 atom stereocenters. The summed E-state index contributed by atoms with van der Waals surface area (Å²) >= 11 is 0. The molecule has 1 heterocycles. The first kappa shape index (κ1) is 31.6. The molecule has 9 aromatic carbocycles. The van der Waals surface area contributed by atoms with Gasteiger partial charge in [0.1, 0.15) is 11.2 Å². The van der Waals surface area contributed by atoms with Crippen LogP contribution in [-0.2, 0) is 5.41 Å². The summed E-state index contributed by atoms with van der Waals surface area (Å²) in [6, 6.07) is 68.5.